The molecular weight excluding hydrogens is 154 g/mol. The number of hydrogen-bond acceptors (Lipinski definition) is 3. The molecule has 0 saturated heterocycles. The maximum Gasteiger partial charge on any atom is 0.146 e. The smallest absolute Gasteiger partial charge is 0.146 e. The Morgan fingerprint density at radius 3 is 2.25 bits per heavy atom. The van der Waals surface area contributed by atoms with Crippen LogP contribution in [0.4, 0.5) is 0 Å². The maximum atomic E-state index is 10.7. The molecule has 0 spiro atoms. The van der Waals surface area contributed by atoms with Gasteiger partial charge in [-0.15, -0.1) is 0 Å². The van der Waals surface area contributed by atoms with Crippen molar-refractivity contribution in [2.24, 2.45) is 0 Å². The van der Waals surface area contributed by atoms with Crippen LogP contribution in [0.5, 0.6) is 0 Å². The molecule has 0 bridgehead atoms. The molecule has 0 radical (unpaired) electrons. The largest absolute Gasteiger partial charge is 0.364 e. The lowest BCUT2D eigenvalue weighted by molar-refractivity contribution is -0.119. The summed E-state index contributed by atoms with van der Waals surface area (Å²) in [6.07, 6.45) is 0.210. The fourth-order valence-corrected chi connectivity index (χ4v) is 0.484. The van der Waals surface area contributed by atoms with Crippen LogP contribution in [-0.4, -0.2) is 24.7 Å². The van der Waals surface area contributed by atoms with Gasteiger partial charge in [-0.05, 0) is 27.7 Å². The Kier molecular flexibility index (Phi) is 8.54. The summed E-state index contributed by atoms with van der Waals surface area (Å²) in [7, 11) is 0. The lowest BCUT2D eigenvalue weighted by Gasteiger charge is -2.12. The summed E-state index contributed by atoms with van der Waals surface area (Å²) in [6.45, 7) is 7.75. The van der Waals surface area contributed by atoms with Gasteiger partial charge >= 0.3 is 0 Å². The molecule has 3 nitrogen and oxygen atoms in total. The van der Waals surface area contributed by atoms with E-state index in [-0.39, 0.29) is 25.4 Å². The molecule has 0 fully saturated rings. The fourth-order valence-electron chi connectivity index (χ4n) is 0.484. The van der Waals surface area contributed by atoms with Crippen LogP contribution in [0.25, 0.3) is 0 Å². The summed E-state index contributed by atoms with van der Waals surface area (Å²) in [5.41, 5.74) is 0. The molecule has 0 aliphatic rings. The Balaban J connectivity index is 0. The summed E-state index contributed by atoms with van der Waals surface area (Å²) in [4.78, 5) is 10.7. The van der Waals surface area contributed by atoms with Crippen LogP contribution in [-0.2, 0) is 9.53 Å². The predicted octanol–water partition coefficient (Wildman–Crippen LogP) is 1.57. The highest BCUT2D eigenvalue weighted by atomic mass is 16.5. The quantitative estimate of drug-likeness (QED) is 0.645. The first-order chi connectivity index (χ1) is 5.04. The van der Waals surface area contributed by atoms with Crippen molar-refractivity contribution in [2.45, 2.75) is 47.3 Å². The molecule has 1 unspecified atom stereocenters. The highest BCUT2D eigenvalue weighted by molar-refractivity contribution is 5.80. The molecule has 0 heterocycles. The molecular formula is C9H21NO2. The predicted molar refractivity (Wildman–Crippen MR) is 51.1 cm³/mol. The van der Waals surface area contributed by atoms with Gasteiger partial charge in [-0.3, -0.25) is 10.1 Å². The normalized spacial score (nSPS) is 12.4. The van der Waals surface area contributed by atoms with E-state index in [1.165, 1.54) is 0 Å². The number of nitrogens with one attached hydrogen (secondary N) is 1. The van der Waals surface area contributed by atoms with E-state index in [9.17, 15) is 4.79 Å². The van der Waals surface area contributed by atoms with Gasteiger partial charge in [0.25, 0.3) is 0 Å². The summed E-state index contributed by atoms with van der Waals surface area (Å²) >= 11 is 0. The molecule has 0 amide bonds. The van der Waals surface area contributed by atoms with Gasteiger partial charge in [0, 0.05) is 0 Å². The van der Waals surface area contributed by atoms with Crippen molar-refractivity contribution in [3.8, 4) is 0 Å². The van der Waals surface area contributed by atoms with Crippen LogP contribution < -0.4 is 5.32 Å². The number of ketones is 1. The summed E-state index contributed by atoms with van der Waals surface area (Å²) < 4.78 is 5.20. The average Bonchev–Trinajstić information content (AvgIpc) is 1.86. The van der Waals surface area contributed by atoms with E-state index in [1.54, 1.807) is 6.92 Å². The first kappa shape index (κ1) is 14.1. The van der Waals surface area contributed by atoms with E-state index in [0.717, 1.165) is 0 Å². The number of carbonyl (C=O) groups is 1. The molecule has 0 aromatic carbocycles. The molecule has 12 heavy (non-hydrogen) atoms. The third kappa shape index (κ3) is 7.69. The zero-order chi connectivity index (χ0) is 8.85. The van der Waals surface area contributed by atoms with Crippen LogP contribution in [0.15, 0.2) is 0 Å². The first-order valence-electron chi connectivity index (χ1n) is 3.89. The Morgan fingerprint density at radius 2 is 1.92 bits per heavy atom. The first-order valence-corrected chi connectivity index (χ1v) is 3.89. The van der Waals surface area contributed by atoms with Crippen molar-refractivity contribution in [3.63, 3.8) is 0 Å². The topological polar surface area (TPSA) is 38.3 Å². The van der Waals surface area contributed by atoms with Gasteiger partial charge in [-0.25, -0.2) is 0 Å². The molecule has 0 aliphatic heterocycles. The van der Waals surface area contributed by atoms with Crippen LogP contribution >= 0.6 is 0 Å². The van der Waals surface area contributed by atoms with E-state index in [4.69, 9.17) is 4.74 Å². The zero-order valence-corrected chi connectivity index (χ0v) is 7.68. The zero-order valence-electron chi connectivity index (χ0n) is 7.68. The second kappa shape index (κ2) is 7.25. The van der Waals surface area contributed by atoms with Crippen LogP contribution in [0.2, 0.25) is 0 Å². The summed E-state index contributed by atoms with van der Waals surface area (Å²) in [5.74, 6) is 0.136. The van der Waals surface area contributed by atoms with Crippen molar-refractivity contribution in [1.29, 1.82) is 0 Å². The van der Waals surface area contributed by atoms with E-state index < -0.39 is 0 Å². The number of Topliss-reactive ketones (excluding diaryl/α,β-unsaturated/α-hetero) is 1. The molecule has 0 aromatic rings. The Labute approximate surface area is 75.5 Å². The van der Waals surface area contributed by atoms with Gasteiger partial charge < -0.3 is 4.74 Å². The van der Waals surface area contributed by atoms with Crippen LogP contribution in [0.1, 0.15) is 35.1 Å². The molecule has 3 heteroatoms. The van der Waals surface area contributed by atoms with E-state index in [2.05, 4.69) is 5.32 Å². The third-order valence-corrected chi connectivity index (χ3v) is 1.42. The lowest BCUT2D eigenvalue weighted by Crippen LogP contribution is -2.34. The summed E-state index contributed by atoms with van der Waals surface area (Å²) in [5, 5.41) is 2.94. The monoisotopic (exact) mass is 175 g/mol. The Bertz CT molecular complexity index is 124. The van der Waals surface area contributed by atoms with Crippen molar-refractivity contribution in [1.82, 2.24) is 5.32 Å². The van der Waals surface area contributed by atoms with Crippen LogP contribution in [0.3, 0.4) is 0 Å². The second-order valence-corrected chi connectivity index (χ2v) is 2.90. The van der Waals surface area contributed by atoms with Gasteiger partial charge in [0.05, 0.1) is 18.9 Å². The highest BCUT2D eigenvalue weighted by Crippen LogP contribution is 1.87. The molecule has 0 aromatic heterocycles. The highest BCUT2D eigenvalue weighted by Gasteiger charge is 2.05. The fraction of sp³-hybridized carbons (Fsp3) is 0.889. The van der Waals surface area contributed by atoms with E-state index in [1.807, 2.05) is 20.8 Å². The van der Waals surface area contributed by atoms with Gasteiger partial charge in [0.15, 0.2) is 0 Å². The minimum Gasteiger partial charge on any atom is -0.364 e. The Morgan fingerprint density at radius 1 is 1.42 bits per heavy atom. The molecule has 0 aliphatic carbocycles. The Hall–Kier alpha value is -0.410. The van der Waals surface area contributed by atoms with Crippen molar-refractivity contribution < 1.29 is 9.53 Å². The van der Waals surface area contributed by atoms with E-state index >= 15 is 0 Å². The van der Waals surface area contributed by atoms with Crippen molar-refractivity contribution in [3.05, 3.63) is 0 Å². The molecule has 0 rings (SSSR count). The summed E-state index contributed by atoms with van der Waals surface area (Å²) in [6, 6.07) is -0.103. The lowest BCUT2D eigenvalue weighted by atomic mass is 10.2. The number of hydrogen-bond donors (Lipinski definition) is 1. The molecule has 1 atom stereocenters. The average molecular weight is 175 g/mol. The van der Waals surface area contributed by atoms with Gasteiger partial charge in [-0.2, -0.15) is 0 Å². The van der Waals surface area contributed by atoms with Crippen molar-refractivity contribution >= 4 is 5.78 Å². The van der Waals surface area contributed by atoms with E-state index in [0.29, 0.717) is 6.73 Å². The van der Waals surface area contributed by atoms with Crippen molar-refractivity contribution in [2.75, 3.05) is 6.73 Å². The van der Waals surface area contributed by atoms with Gasteiger partial charge in [0.2, 0.25) is 0 Å². The molecule has 0 saturated carbocycles. The minimum absolute atomic E-state index is 0. The second-order valence-electron chi connectivity index (χ2n) is 2.90. The standard InChI is InChI=1S/C8H17NO2.CH4/c1-6(2)11-5-9-7(3)8(4)10;/h6-7,9H,5H2,1-4H3;1H4. The van der Waals surface area contributed by atoms with Gasteiger partial charge in [0.1, 0.15) is 5.78 Å². The number of carbonyl (C=O) groups excluding carboxylic acids is 1. The van der Waals surface area contributed by atoms with Gasteiger partial charge in [-0.1, -0.05) is 7.43 Å². The SMILES string of the molecule is C.CC(=O)C(C)NCOC(C)C. The van der Waals surface area contributed by atoms with Crippen LogP contribution in [0, 0.1) is 0 Å². The molecule has 74 valence electrons. The maximum absolute atomic E-state index is 10.7. The third-order valence-electron chi connectivity index (χ3n) is 1.42. The molecule has 1 N–H and O–H groups in total. The number of rotatable bonds is 5. The minimum atomic E-state index is -0.103. The number of ether oxygens (including phenoxy) is 1.